The highest BCUT2D eigenvalue weighted by atomic mass is 16.2. The lowest BCUT2D eigenvalue weighted by atomic mass is 10.2. The van der Waals surface area contributed by atoms with Gasteiger partial charge in [-0.2, -0.15) is 0 Å². The van der Waals surface area contributed by atoms with Crippen LogP contribution in [0.3, 0.4) is 0 Å². The third kappa shape index (κ3) is 5.53. The molecule has 24 heavy (non-hydrogen) atoms. The minimum atomic E-state index is -0.102. The maximum atomic E-state index is 12.2. The number of rotatable bonds is 8. The minimum absolute atomic E-state index is 0.0536. The first kappa shape index (κ1) is 18.3. The fraction of sp³-hybridized carbons (Fsp3) is 0.556. The normalized spacial score (nSPS) is 14.0. The zero-order valence-electron chi connectivity index (χ0n) is 14.7. The van der Waals surface area contributed by atoms with E-state index in [2.05, 4.69) is 15.5 Å². The van der Waals surface area contributed by atoms with E-state index in [-0.39, 0.29) is 24.9 Å². The van der Waals surface area contributed by atoms with E-state index >= 15 is 0 Å². The van der Waals surface area contributed by atoms with Gasteiger partial charge in [-0.3, -0.25) is 14.5 Å². The van der Waals surface area contributed by atoms with Gasteiger partial charge >= 0.3 is 0 Å². The summed E-state index contributed by atoms with van der Waals surface area (Å²) in [5.74, 6) is -0.155. The quantitative estimate of drug-likeness (QED) is 0.760. The zero-order valence-corrected chi connectivity index (χ0v) is 14.7. The Morgan fingerprint density at radius 1 is 1.04 bits per heavy atom. The van der Waals surface area contributed by atoms with Gasteiger partial charge in [0, 0.05) is 31.0 Å². The topological polar surface area (TPSA) is 64.7 Å². The van der Waals surface area contributed by atoms with E-state index < -0.39 is 0 Å². The van der Waals surface area contributed by atoms with Crippen LogP contribution >= 0.6 is 0 Å². The molecule has 0 saturated carbocycles. The molecule has 1 aromatic rings. The van der Waals surface area contributed by atoms with E-state index in [0.717, 1.165) is 18.8 Å². The van der Waals surface area contributed by atoms with Crippen molar-refractivity contribution in [3.05, 3.63) is 24.3 Å². The summed E-state index contributed by atoms with van der Waals surface area (Å²) in [7, 11) is 0. The number of carbonyl (C=O) groups excluding carboxylic acids is 2. The van der Waals surface area contributed by atoms with E-state index in [1.54, 1.807) is 0 Å². The maximum Gasteiger partial charge on any atom is 0.238 e. The van der Waals surface area contributed by atoms with E-state index in [1.807, 2.05) is 43.0 Å². The molecule has 0 atom stereocenters. The SMILES string of the molecule is CCNC(=O)CN(CC)CC(=O)Nc1ccc(N2CCCC2)cc1. The standard InChI is InChI=1S/C18H28N4O2/c1-3-19-17(23)13-21(4-2)14-18(24)20-15-7-9-16(10-8-15)22-11-5-6-12-22/h7-10H,3-6,11-14H2,1-2H3,(H,19,23)(H,20,24). The van der Waals surface area contributed by atoms with Crippen molar-refractivity contribution in [1.82, 2.24) is 10.2 Å². The monoisotopic (exact) mass is 332 g/mol. The molecule has 1 aliphatic heterocycles. The molecule has 2 amide bonds. The summed E-state index contributed by atoms with van der Waals surface area (Å²) in [6, 6.07) is 7.97. The molecule has 1 heterocycles. The molecule has 2 rings (SSSR count). The van der Waals surface area contributed by atoms with Gasteiger partial charge in [0.1, 0.15) is 0 Å². The summed E-state index contributed by atoms with van der Waals surface area (Å²) in [4.78, 5) is 28.0. The van der Waals surface area contributed by atoms with Crippen molar-refractivity contribution in [3.63, 3.8) is 0 Å². The van der Waals surface area contributed by atoms with Gasteiger partial charge in [-0.25, -0.2) is 0 Å². The van der Waals surface area contributed by atoms with Crippen molar-refractivity contribution in [1.29, 1.82) is 0 Å². The number of nitrogens with zero attached hydrogens (tertiary/aromatic N) is 2. The van der Waals surface area contributed by atoms with E-state index in [1.165, 1.54) is 18.5 Å². The Hall–Kier alpha value is -2.08. The van der Waals surface area contributed by atoms with Crippen LogP contribution in [0.5, 0.6) is 0 Å². The summed E-state index contributed by atoms with van der Waals surface area (Å²) < 4.78 is 0. The van der Waals surface area contributed by atoms with Crippen LogP contribution in [0.15, 0.2) is 24.3 Å². The molecule has 6 nitrogen and oxygen atoms in total. The minimum Gasteiger partial charge on any atom is -0.372 e. The van der Waals surface area contributed by atoms with Gasteiger partial charge in [-0.15, -0.1) is 0 Å². The van der Waals surface area contributed by atoms with Gasteiger partial charge in [0.2, 0.25) is 11.8 Å². The van der Waals surface area contributed by atoms with Crippen molar-refractivity contribution >= 4 is 23.2 Å². The Morgan fingerprint density at radius 3 is 2.25 bits per heavy atom. The number of likely N-dealkylation sites (N-methyl/N-ethyl adjacent to an activating group) is 2. The number of carbonyl (C=O) groups is 2. The van der Waals surface area contributed by atoms with Gasteiger partial charge in [-0.05, 0) is 50.6 Å². The van der Waals surface area contributed by atoms with E-state index in [9.17, 15) is 9.59 Å². The third-order valence-electron chi connectivity index (χ3n) is 4.18. The van der Waals surface area contributed by atoms with Crippen LogP contribution < -0.4 is 15.5 Å². The molecule has 0 radical (unpaired) electrons. The third-order valence-corrected chi connectivity index (χ3v) is 4.18. The smallest absolute Gasteiger partial charge is 0.238 e. The lowest BCUT2D eigenvalue weighted by Crippen LogP contribution is -2.41. The molecule has 1 saturated heterocycles. The average molecular weight is 332 g/mol. The molecular weight excluding hydrogens is 304 g/mol. The Bertz CT molecular complexity index is 538. The Morgan fingerprint density at radius 2 is 1.67 bits per heavy atom. The number of benzene rings is 1. The van der Waals surface area contributed by atoms with Gasteiger partial charge < -0.3 is 15.5 Å². The number of nitrogens with one attached hydrogen (secondary N) is 2. The first-order valence-electron chi connectivity index (χ1n) is 8.76. The van der Waals surface area contributed by atoms with E-state index in [4.69, 9.17) is 0 Å². The lowest BCUT2D eigenvalue weighted by Gasteiger charge is -2.20. The van der Waals surface area contributed by atoms with Crippen LogP contribution in [0.2, 0.25) is 0 Å². The molecule has 1 aliphatic rings. The number of amides is 2. The predicted molar refractivity (Wildman–Crippen MR) is 97.3 cm³/mol. The lowest BCUT2D eigenvalue weighted by molar-refractivity contribution is -0.123. The summed E-state index contributed by atoms with van der Waals surface area (Å²) in [6.07, 6.45) is 2.49. The Kier molecular flexibility index (Phi) is 7.06. The van der Waals surface area contributed by atoms with Crippen molar-refractivity contribution in [2.24, 2.45) is 0 Å². The highest BCUT2D eigenvalue weighted by molar-refractivity contribution is 5.92. The number of anilines is 2. The Labute approximate surface area is 144 Å². The summed E-state index contributed by atoms with van der Waals surface area (Å²) in [6.45, 7) is 7.75. The number of hydrogen-bond donors (Lipinski definition) is 2. The molecule has 0 aliphatic carbocycles. The first-order chi connectivity index (χ1) is 11.6. The van der Waals surface area contributed by atoms with Crippen LogP contribution in [-0.4, -0.2) is 56.0 Å². The van der Waals surface area contributed by atoms with Gasteiger partial charge in [-0.1, -0.05) is 6.92 Å². The first-order valence-corrected chi connectivity index (χ1v) is 8.76. The summed E-state index contributed by atoms with van der Waals surface area (Å²) >= 11 is 0. The average Bonchev–Trinajstić information content (AvgIpc) is 3.09. The maximum absolute atomic E-state index is 12.2. The van der Waals surface area contributed by atoms with Crippen LogP contribution in [0, 0.1) is 0 Å². The second-order valence-corrected chi connectivity index (χ2v) is 6.05. The summed E-state index contributed by atoms with van der Waals surface area (Å²) in [5.41, 5.74) is 1.99. The Balaban J connectivity index is 1.83. The van der Waals surface area contributed by atoms with Crippen molar-refractivity contribution in [2.45, 2.75) is 26.7 Å². The molecule has 1 fully saturated rings. The van der Waals surface area contributed by atoms with Crippen LogP contribution in [0.1, 0.15) is 26.7 Å². The van der Waals surface area contributed by atoms with Gasteiger partial charge in [0.25, 0.3) is 0 Å². The molecule has 6 heteroatoms. The largest absolute Gasteiger partial charge is 0.372 e. The fourth-order valence-electron chi connectivity index (χ4n) is 2.87. The molecule has 0 aromatic heterocycles. The summed E-state index contributed by atoms with van der Waals surface area (Å²) in [5, 5.41) is 5.65. The molecule has 132 valence electrons. The van der Waals surface area contributed by atoms with Crippen molar-refractivity contribution in [3.8, 4) is 0 Å². The second kappa shape index (κ2) is 9.27. The predicted octanol–water partition coefficient (Wildman–Crippen LogP) is 1.68. The molecule has 1 aromatic carbocycles. The van der Waals surface area contributed by atoms with Crippen LogP contribution in [0.25, 0.3) is 0 Å². The molecule has 0 bridgehead atoms. The van der Waals surface area contributed by atoms with Crippen LogP contribution in [0.4, 0.5) is 11.4 Å². The number of hydrogen-bond acceptors (Lipinski definition) is 4. The van der Waals surface area contributed by atoms with Crippen molar-refractivity contribution in [2.75, 3.05) is 49.5 Å². The molecule has 0 unspecified atom stereocenters. The molecular formula is C18H28N4O2. The highest BCUT2D eigenvalue weighted by Gasteiger charge is 2.14. The van der Waals surface area contributed by atoms with Crippen molar-refractivity contribution < 1.29 is 9.59 Å². The van der Waals surface area contributed by atoms with Gasteiger partial charge in [0.15, 0.2) is 0 Å². The fourth-order valence-corrected chi connectivity index (χ4v) is 2.87. The van der Waals surface area contributed by atoms with Gasteiger partial charge in [0.05, 0.1) is 13.1 Å². The van der Waals surface area contributed by atoms with E-state index in [0.29, 0.717) is 13.1 Å². The molecule has 2 N–H and O–H groups in total. The van der Waals surface area contributed by atoms with Crippen LogP contribution in [-0.2, 0) is 9.59 Å². The highest BCUT2D eigenvalue weighted by Crippen LogP contribution is 2.21. The second-order valence-electron chi connectivity index (χ2n) is 6.05. The zero-order chi connectivity index (χ0) is 17.4. The molecule has 0 spiro atoms.